The van der Waals surface area contributed by atoms with Gasteiger partial charge < -0.3 is 19.9 Å². The summed E-state index contributed by atoms with van der Waals surface area (Å²) in [4.78, 5) is 5.02. The van der Waals surface area contributed by atoms with Crippen molar-refractivity contribution >= 4 is 0 Å². The SMILES string of the molecule is COCCN(C)CCNC1CCN2CCCC2C1. The molecule has 2 rings (SSSR count). The fourth-order valence-corrected chi connectivity index (χ4v) is 3.23. The number of hydrogen-bond donors (Lipinski definition) is 1. The molecule has 2 fully saturated rings. The number of fused-ring (bicyclic) bond motifs is 1. The summed E-state index contributed by atoms with van der Waals surface area (Å²) in [5.74, 6) is 0. The van der Waals surface area contributed by atoms with Crippen molar-refractivity contribution in [3.05, 3.63) is 0 Å². The van der Waals surface area contributed by atoms with Gasteiger partial charge in [0.25, 0.3) is 0 Å². The Morgan fingerprint density at radius 3 is 3.00 bits per heavy atom. The minimum Gasteiger partial charge on any atom is -0.383 e. The van der Waals surface area contributed by atoms with E-state index in [1.807, 2.05) is 0 Å². The number of ether oxygens (including phenoxy) is 1. The zero-order valence-corrected chi connectivity index (χ0v) is 12.0. The predicted molar refractivity (Wildman–Crippen MR) is 75.0 cm³/mol. The molecule has 2 unspecified atom stereocenters. The largest absolute Gasteiger partial charge is 0.383 e. The summed E-state index contributed by atoms with van der Waals surface area (Å²) in [6.45, 7) is 6.74. The van der Waals surface area contributed by atoms with Crippen molar-refractivity contribution in [1.29, 1.82) is 0 Å². The molecule has 2 atom stereocenters. The third-order valence-corrected chi connectivity index (χ3v) is 4.42. The Kier molecular flexibility index (Phi) is 5.89. The molecule has 4 nitrogen and oxygen atoms in total. The van der Waals surface area contributed by atoms with E-state index in [0.717, 1.165) is 38.3 Å². The maximum absolute atomic E-state index is 5.09. The molecule has 2 heterocycles. The number of piperidine rings is 1. The maximum atomic E-state index is 5.09. The lowest BCUT2D eigenvalue weighted by atomic mass is 9.98. The van der Waals surface area contributed by atoms with Crippen LogP contribution in [0.15, 0.2) is 0 Å². The molecule has 0 saturated carbocycles. The fourth-order valence-electron chi connectivity index (χ4n) is 3.23. The van der Waals surface area contributed by atoms with E-state index in [1.165, 1.54) is 38.8 Å². The molecule has 0 radical (unpaired) electrons. The summed E-state index contributed by atoms with van der Waals surface area (Å²) < 4.78 is 5.09. The smallest absolute Gasteiger partial charge is 0.0589 e. The Balaban J connectivity index is 1.56. The highest BCUT2D eigenvalue weighted by Gasteiger charge is 2.31. The van der Waals surface area contributed by atoms with Crippen molar-refractivity contribution in [2.45, 2.75) is 37.8 Å². The topological polar surface area (TPSA) is 27.7 Å². The highest BCUT2D eigenvalue weighted by molar-refractivity contribution is 4.89. The Bertz CT molecular complexity index is 237. The highest BCUT2D eigenvalue weighted by atomic mass is 16.5. The quantitative estimate of drug-likeness (QED) is 0.728. The highest BCUT2D eigenvalue weighted by Crippen LogP contribution is 2.26. The van der Waals surface area contributed by atoms with Gasteiger partial charge in [-0.15, -0.1) is 0 Å². The second kappa shape index (κ2) is 7.43. The normalized spacial score (nSPS) is 28.8. The molecule has 0 spiro atoms. The average Bonchev–Trinajstić information content (AvgIpc) is 2.83. The molecule has 2 aliphatic heterocycles. The van der Waals surface area contributed by atoms with Gasteiger partial charge >= 0.3 is 0 Å². The molecule has 18 heavy (non-hydrogen) atoms. The molecule has 0 aliphatic carbocycles. The Morgan fingerprint density at radius 1 is 1.28 bits per heavy atom. The molecule has 2 saturated heterocycles. The lowest BCUT2D eigenvalue weighted by molar-refractivity contribution is 0.152. The van der Waals surface area contributed by atoms with Gasteiger partial charge in [-0.25, -0.2) is 0 Å². The van der Waals surface area contributed by atoms with Gasteiger partial charge in [-0.05, 0) is 45.8 Å². The fraction of sp³-hybridized carbons (Fsp3) is 1.00. The second-order valence-corrected chi connectivity index (χ2v) is 5.80. The van der Waals surface area contributed by atoms with Crippen LogP contribution < -0.4 is 5.32 Å². The van der Waals surface area contributed by atoms with Gasteiger partial charge in [-0.2, -0.15) is 0 Å². The van der Waals surface area contributed by atoms with E-state index in [0.29, 0.717) is 0 Å². The van der Waals surface area contributed by atoms with E-state index in [-0.39, 0.29) is 0 Å². The van der Waals surface area contributed by atoms with Crippen LogP contribution in [0.5, 0.6) is 0 Å². The van der Waals surface area contributed by atoms with Crippen LogP contribution in [0.1, 0.15) is 25.7 Å². The molecule has 4 heteroatoms. The van der Waals surface area contributed by atoms with Crippen molar-refractivity contribution in [2.24, 2.45) is 0 Å². The van der Waals surface area contributed by atoms with E-state index < -0.39 is 0 Å². The molecule has 106 valence electrons. The first-order valence-corrected chi connectivity index (χ1v) is 7.44. The predicted octanol–water partition coefficient (Wildman–Crippen LogP) is 0.781. The van der Waals surface area contributed by atoms with E-state index in [1.54, 1.807) is 7.11 Å². The standard InChI is InChI=1S/C14H29N3O/c1-16(10-11-18-2)9-6-15-13-5-8-17-7-3-4-14(17)12-13/h13-15H,3-12H2,1-2H3. The molecule has 0 bridgehead atoms. The molecule has 0 amide bonds. The van der Waals surface area contributed by atoms with Gasteiger partial charge in [0.1, 0.15) is 0 Å². The number of nitrogens with one attached hydrogen (secondary N) is 1. The second-order valence-electron chi connectivity index (χ2n) is 5.80. The molecule has 1 N–H and O–H groups in total. The first-order valence-electron chi connectivity index (χ1n) is 7.44. The minimum absolute atomic E-state index is 0.750. The summed E-state index contributed by atoms with van der Waals surface area (Å²) in [5.41, 5.74) is 0. The van der Waals surface area contributed by atoms with Gasteiger partial charge in [0.05, 0.1) is 6.61 Å². The zero-order valence-electron chi connectivity index (χ0n) is 12.0. The number of rotatable bonds is 7. The van der Waals surface area contributed by atoms with Crippen LogP contribution in [-0.4, -0.2) is 75.4 Å². The number of hydrogen-bond acceptors (Lipinski definition) is 4. The van der Waals surface area contributed by atoms with E-state index in [4.69, 9.17) is 4.74 Å². The summed E-state index contributed by atoms with van der Waals surface area (Å²) in [6.07, 6.45) is 5.53. The molecular weight excluding hydrogens is 226 g/mol. The zero-order chi connectivity index (χ0) is 12.8. The monoisotopic (exact) mass is 255 g/mol. The third kappa shape index (κ3) is 4.19. The van der Waals surface area contributed by atoms with Gasteiger partial charge in [0.15, 0.2) is 0 Å². The van der Waals surface area contributed by atoms with Gasteiger partial charge in [-0.1, -0.05) is 0 Å². The Labute approximate surface area is 112 Å². The van der Waals surface area contributed by atoms with Crippen molar-refractivity contribution < 1.29 is 4.74 Å². The van der Waals surface area contributed by atoms with Crippen LogP contribution in [0, 0.1) is 0 Å². The summed E-state index contributed by atoms with van der Waals surface area (Å²) in [6, 6.07) is 1.63. The van der Waals surface area contributed by atoms with Crippen LogP contribution >= 0.6 is 0 Å². The van der Waals surface area contributed by atoms with Crippen LogP contribution in [0.3, 0.4) is 0 Å². The molecule has 0 aromatic rings. The van der Waals surface area contributed by atoms with Crippen LogP contribution in [-0.2, 0) is 4.74 Å². The molecular formula is C14H29N3O. The summed E-state index contributed by atoms with van der Waals surface area (Å²) in [5, 5.41) is 3.73. The van der Waals surface area contributed by atoms with E-state index in [2.05, 4.69) is 22.2 Å². The van der Waals surface area contributed by atoms with Crippen molar-refractivity contribution in [1.82, 2.24) is 15.1 Å². The Hall–Kier alpha value is -0.160. The van der Waals surface area contributed by atoms with Gasteiger partial charge in [0.2, 0.25) is 0 Å². The lowest BCUT2D eigenvalue weighted by Crippen LogP contribution is -2.47. The average molecular weight is 255 g/mol. The maximum Gasteiger partial charge on any atom is 0.0589 e. The number of nitrogens with zero attached hydrogens (tertiary/aromatic N) is 2. The first-order chi connectivity index (χ1) is 8.79. The van der Waals surface area contributed by atoms with Gasteiger partial charge in [0, 0.05) is 38.8 Å². The third-order valence-electron chi connectivity index (χ3n) is 4.42. The summed E-state index contributed by atoms with van der Waals surface area (Å²) >= 11 is 0. The van der Waals surface area contributed by atoms with Gasteiger partial charge in [-0.3, -0.25) is 0 Å². The molecule has 2 aliphatic rings. The number of methoxy groups -OCH3 is 1. The number of likely N-dealkylation sites (N-methyl/N-ethyl adjacent to an activating group) is 1. The van der Waals surface area contributed by atoms with Crippen LogP contribution in [0.4, 0.5) is 0 Å². The van der Waals surface area contributed by atoms with E-state index >= 15 is 0 Å². The van der Waals surface area contributed by atoms with Crippen molar-refractivity contribution in [3.63, 3.8) is 0 Å². The Morgan fingerprint density at radius 2 is 2.17 bits per heavy atom. The van der Waals surface area contributed by atoms with E-state index in [9.17, 15) is 0 Å². The minimum atomic E-state index is 0.750. The first kappa shape index (κ1) is 14.3. The molecule has 0 aromatic carbocycles. The van der Waals surface area contributed by atoms with Crippen molar-refractivity contribution in [2.75, 3.05) is 53.5 Å². The summed E-state index contributed by atoms with van der Waals surface area (Å²) in [7, 11) is 3.93. The van der Waals surface area contributed by atoms with Crippen LogP contribution in [0.2, 0.25) is 0 Å². The van der Waals surface area contributed by atoms with Crippen LogP contribution in [0.25, 0.3) is 0 Å². The van der Waals surface area contributed by atoms with Crippen molar-refractivity contribution in [3.8, 4) is 0 Å². The molecule has 0 aromatic heterocycles. The lowest BCUT2D eigenvalue weighted by Gasteiger charge is -2.35.